The number of nitrogens with zero attached hydrogens (tertiary/aromatic N) is 1. The maximum atomic E-state index is 12.5. The Labute approximate surface area is 181 Å². The van der Waals surface area contributed by atoms with Crippen LogP contribution in [0.15, 0.2) is 41.8 Å². The maximum Gasteiger partial charge on any atom is 0.310 e. The van der Waals surface area contributed by atoms with E-state index in [4.69, 9.17) is 4.74 Å². The lowest BCUT2D eigenvalue weighted by Gasteiger charge is -2.31. The molecule has 30 heavy (non-hydrogen) atoms. The molecule has 0 radical (unpaired) electrons. The molecule has 7 heteroatoms. The van der Waals surface area contributed by atoms with E-state index in [0.717, 1.165) is 18.4 Å². The SMILES string of the molecule is Cc1ccc(CCC(=O)NCCOC(=O)C2CCCN(C(=O)c3cccs3)C2)cc1. The Morgan fingerprint density at radius 1 is 1.20 bits per heavy atom. The third kappa shape index (κ3) is 6.42. The minimum absolute atomic E-state index is 0.0247. The van der Waals surface area contributed by atoms with Gasteiger partial charge in [-0.15, -0.1) is 11.3 Å². The summed E-state index contributed by atoms with van der Waals surface area (Å²) in [5.41, 5.74) is 2.32. The summed E-state index contributed by atoms with van der Waals surface area (Å²) >= 11 is 1.41. The number of likely N-dealkylation sites (tertiary alicyclic amines) is 1. The van der Waals surface area contributed by atoms with E-state index in [1.54, 1.807) is 11.0 Å². The van der Waals surface area contributed by atoms with E-state index in [0.29, 0.717) is 37.4 Å². The Hall–Kier alpha value is -2.67. The van der Waals surface area contributed by atoms with Crippen LogP contribution in [0.25, 0.3) is 0 Å². The van der Waals surface area contributed by atoms with Gasteiger partial charge in [0, 0.05) is 19.5 Å². The monoisotopic (exact) mass is 428 g/mol. The van der Waals surface area contributed by atoms with Gasteiger partial charge < -0.3 is 15.0 Å². The molecule has 1 saturated heterocycles. The lowest BCUT2D eigenvalue weighted by Crippen LogP contribution is -2.43. The summed E-state index contributed by atoms with van der Waals surface area (Å²) in [6.07, 6.45) is 2.59. The van der Waals surface area contributed by atoms with Crippen molar-refractivity contribution in [1.82, 2.24) is 10.2 Å². The van der Waals surface area contributed by atoms with Gasteiger partial charge >= 0.3 is 5.97 Å². The number of benzene rings is 1. The number of piperidine rings is 1. The number of rotatable bonds is 8. The van der Waals surface area contributed by atoms with Gasteiger partial charge in [-0.3, -0.25) is 14.4 Å². The second-order valence-electron chi connectivity index (χ2n) is 7.57. The van der Waals surface area contributed by atoms with Crippen molar-refractivity contribution in [3.63, 3.8) is 0 Å². The Morgan fingerprint density at radius 3 is 2.73 bits per heavy atom. The first-order valence-electron chi connectivity index (χ1n) is 10.3. The smallest absolute Gasteiger partial charge is 0.310 e. The maximum absolute atomic E-state index is 12.5. The van der Waals surface area contributed by atoms with Crippen molar-refractivity contribution in [3.8, 4) is 0 Å². The van der Waals surface area contributed by atoms with Gasteiger partial charge in [0.15, 0.2) is 0 Å². The third-order valence-corrected chi connectivity index (χ3v) is 6.06. The first kappa shape index (κ1) is 22.0. The summed E-state index contributed by atoms with van der Waals surface area (Å²) in [5.74, 6) is -0.687. The second-order valence-corrected chi connectivity index (χ2v) is 8.52. The quantitative estimate of drug-likeness (QED) is 0.518. The van der Waals surface area contributed by atoms with Crippen molar-refractivity contribution in [3.05, 3.63) is 57.8 Å². The fourth-order valence-electron chi connectivity index (χ4n) is 3.47. The molecule has 1 aliphatic rings. The van der Waals surface area contributed by atoms with Crippen LogP contribution in [-0.2, 0) is 20.7 Å². The molecule has 2 heterocycles. The van der Waals surface area contributed by atoms with Gasteiger partial charge in [-0.05, 0) is 43.2 Å². The number of esters is 1. The summed E-state index contributed by atoms with van der Waals surface area (Å²) < 4.78 is 5.34. The highest BCUT2D eigenvalue weighted by atomic mass is 32.1. The van der Waals surface area contributed by atoms with E-state index in [-0.39, 0.29) is 30.3 Å². The van der Waals surface area contributed by atoms with Crippen LogP contribution >= 0.6 is 11.3 Å². The first-order chi connectivity index (χ1) is 14.5. The van der Waals surface area contributed by atoms with Crippen LogP contribution < -0.4 is 5.32 Å². The van der Waals surface area contributed by atoms with Crippen molar-refractivity contribution < 1.29 is 19.1 Å². The standard InChI is InChI=1S/C23H28N2O4S/c1-17-6-8-18(9-7-17)10-11-21(26)24-12-14-29-23(28)19-4-2-13-25(16-19)22(27)20-5-3-15-30-20/h3,5-9,15,19H,2,4,10-14,16H2,1H3,(H,24,26). The lowest BCUT2D eigenvalue weighted by molar-refractivity contribution is -0.150. The van der Waals surface area contributed by atoms with Crippen LogP contribution in [0.5, 0.6) is 0 Å². The van der Waals surface area contributed by atoms with E-state index in [2.05, 4.69) is 5.32 Å². The zero-order chi connectivity index (χ0) is 21.3. The number of ether oxygens (including phenoxy) is 1. The van der Waals surface area contributed by atoms with Gasteiger partial charge in [-0.25, -0.2) is 0 Å². The molecule has 2 aromatic rings. The highest BCUT2D eigenvalue weighted by Crippen LogP contribution is 2.21. The molecule has 6 nitrogen and oxygen atoms in total. The van der Waals surface area contributed by atoms with Gasteiger partial charge in [-0.2, -0.15) is 0 Å². The Bertz CT molecular complexity index is 849. The number of thiophene rings is 1. The number of hydrogen-bond acceptors (Lipinski definition) is 5. The molecule has 0 aliphatic carbocycles. The summed E-state index contributed by atoms with van der Waals surface area (Å²) in [5, 5.41) is 4.66. The van der Waals surface area contributed by atoms with Crippen LogP contribution in [0.3, 0.4) is 0 Å². The van der Waals surface area contributed by atoms with Crippen molar-refractivity contribution in [2.75, 3.05) is 26.2 Å². The molecule has 1 N–H and O–H groups in total. The average Bonchev–Trinajstić information content (AvgIpc) is 3.30. The molecule has 0 bridgehead atoms. The first-order valence-corrected chi connectivity index (χ1v) is 11.2. The number of hydrogen-bond donors (Lipinski definition) is 1. The van der Waals surface area contributed by atoms with Crippen LogP contribution in [0.4, 0.5) is 0 Å². The van der Waals surface area contributed by atoms with Crippen LogP contribution in [0, 0.1) is 12.8 Å². The zero-order valence-corrected chi connectivity index (χ0v) is 18.1. The van der Waals surface area contributed by atoms with E-state index in [1.165, 1.54) is 16.9 Å². The average molecular weight is 429 g/mol. The van der Waals surface area contributed by atoms with Crippen molar-refractivity contribution >= 4 is 29.1 Å². The summed E-state index contributed by atoms with van der Waals surface area (Å²) in [6, 6.07) is 11.8. The Morgan fingerprint density at radius 2 is 2.00 bits per heavy atom. The largest absolute Gasteiger partial charge is 0.464 e. The van der Waals surface area contributed by atoms with Crippen LogP contribution in [0.1, 0.15) is 40.1 Å². The van der Waals surface area contributed by atoms with E-state index >= 15 is 0 Å². The van der Waals surface area contributed by atoms with Gasteiger partial charge in [0.05, 0.1) is 17.3 Å². The molecular formula is C23H28N2O4S. The van der Waals surface area contributed by atoms with E-state index in [1.807, 2.05) is 42.6 Å². The second kappa shape index (κ2) is 10.9. The normalized spacial score (nSPS) is 16.2. The predicted molar refractivity (Wildman–Crippen MR) is 116 cm³/mol. The molecule has 1 fully saturated rings. The minimum Gasteiger partial charge on any atom is -0.464 e. The Balaban J connectivity index is 1.33. The van der Waals surface area contributed by atoms with Crippen molar-refractivity contribution in [2.24, 2.45) is 5.92 Å². The molecule has 0 saturated carbocycles. The van der Waals surface area contributed by atoms with Crippen LogP contribution in [0.2, 0.25) is 0 Å². The molecule has 0 spiro atoms. The molecule has 1 unspecified atom stereocenters. The molecular weight excluding hydrogens is 400 g/mol. The third-order valence-electron chi connectivity index (χ3n) is 5.20. The van der Waals surface area contributed by atoms with Gasteiger partial charge in [0.25, 0.3) is 5.91 Å². The Kier molecular flexibility index (Phi) is 8.02. The minimum atomic E-state index is -0.306. The molecule has 1 aromatic heterocycles. The molecule has 160 valence electrons. The topological polar surface area (TPSA) is 75.7 Å². The summed E-state index contributed by atoms with van der Waals surface area (Å²) in [6.45, 7) is 3.52. The number of carbonyl (C=O) groups is 3. The fraction of sp³-hybridized carbons (Fsp3) is 0.435. The van der Waals surface area contributed by atoms with Crippen LogP contribution in [-0.4, -0.2) is 48.9 Å². The number of aryl methyl sites for hydroxylation is 2. The highest BCUT2D eigenvalue weighted by molar-refractivity contribution is 7.12. The molecule has 1 aromatic carbocycles. The van der Waals surface area contributed by atoms with Crippen molar-refractivity contribution in [2.45, 2.75) is 32.6 Å². The molecule has 2 amide bonds. The van der Waals surface area contributed by atoms with Gasteiger partial charge in [0.2, 0.25) is 5.91 Å². The molecule has 3 rings (SSSR count). The van der Waals surface area contributed by atoms with E-state index < -0.39 is 0 Å². The molecule has 1 atom stereocenters. The van der Waals surface area contributed by atoms with Crippen molar-refractivity contribution in [1.29, 1.82) is 0 Å². The summed E-state index contributed by atoms with van der Waals surface area (Å²) in [7, 11) is 0. The van der Waals surface area contributed by atoms with E-state index in [9.17, 15) is 14.4 Å². The molecule has 1 aliphatic heterocycles. The zero-order valence-electron chi connectivity index (χ0n) is 17.3. The number of nitrogens with one attached hydrogen (secondary N) is 1. The predicted octanol–water partition coefficient (Wildman–Crippen LogP) is 3.20. The summed E-state index contributed by atoms with van der Waals surface area (Å²) in [4.78, 5) is 39.2. The lowest BCUT2D eigenvalue weighted by atomic mass is 9.98. The van der Waals surface area contributed by atoms with Gasteiger partial charge in [-0.1, -0.05) is 35.9 Å². The fourth-order valence-corrected chi connectivity index (χ4v) is 4.16. The number of amides is 2. The highest BCUT2D eigenvalue weighted by Gasteiger charge is 2.30. The van der Waals surface area contributed by atoms with Gasteiger partial charge in [0.1, 0.15) is 6.61 Å². The number of carbonyl (C=O) groups excluding carboxylic acids is 3.